The number of carbonyl (C=O) groups is 3. The molecule has 3 aliphatic rings. The van der Waals surface area contributed by atoms with Gasteiger partial charge in [-0.2, -0.15) is 0 Å². The number of esters is 2. The number of nitrogens with two attached hydrogens (primary N) is 1. The maximum Gasteiger partial charge on any atom is 0.328 e. The Morgan fingerprint density at radius 1 is 1.13 bits per heavy atom. The molecule has 2 aliphatic carbocycles. The monoisotopic (exact) mass is 541 g/mol. The van der Waals surface area contributed by atoms with Crippen LogP contribution in [0.4, 0.5) is 14.5 Å². The Balaban J connectivity index is 1.64. The minimum atomic E-state index is -2.04. The molecule has 0 amide bonds. The van der Waals surface area contributed by atoms with Crippen LogP contribution in [0.1, 0.15) is 43.1 Å². The first-order chi connectivity index (χ1) is 18.6. The average molecular weight is 542 g/mol. The number of pyridine rings is 1. The largest absolute Gasteiger partial charge is 0.465 e. The minimum Gasteiger partial charge on any atom is -0.465 e. The van der Waals surface area contributed by atoms with E-state index in [0.717, 1.165) is 12.3 Å². The number of hydrogen-bond acceptors (Lipinski definition) is 8. The molecule has 2 heterocycles. The first-order valence-electron chi connectivity index (χ1n) is 13.0. The van der Waals surface area contributed by atoms with E-state index in [9.17, 15) is 19.2 Å². The van der Waals surface area contributed by atoms with Crippen molar-refractivity contribution in [1.29, 1.82) is 0 Å². The van der Waals surface area contributed by atoms with Crippen LogP contribution in [-0.2, 0) is 19.1 Å². The highest BCUT2D eigenvalue weighted by molar-refractivity contribution is 6.21. The predicted octanol–water partition coefficient (Wildman–Crippen LogP) is 2.80. The number of Topliss-reactive ketones (excluding diaryl/α,β-unsaturated/α-hetero) is 1. The summed E-state index contributed by atoms with van der Waals surface area (Å²) in [6, 6.07) is 0.663. The number of ether oxygens (including phenoxy) is 2. The van der Waals surface area contributed by atoms with Crippen molar-refractivity contribution >= 4 is 34.3 Å². The third kappa shape index (κ3) is 4.54. The van der Waals surface area contributed by atoms with E-state index in [0.29, 0.717) is 12.8 Å². The summed E-state index contributed by atoms with van der Waals surface area (Å²) in [6.07, 6.45) is 9.80. The maximum atomic E-state index is 16.2. The topological polar surface area (TPSA) is 121 Å². The molecule has 1 aliphatic heterocycles. The number of nitrogens with zero attached hydrogens (tertiary/aromatic N) is 2. The smallest absolute Gasteiger partial charge is 0.328 e. The molecule has 39 heavy (non-hydrogen) atoms. The van der Waals surface area contributed by atoms with Gasteiger partial charge in [-0.05, 0) is 32.8 Å². The molecular weight excluding hydrogens is 512 g/mol. The van der Waals surface area contributed by atoms with Gasteiger partial charge < -0.3 is 24.7 Å². The molecule has 1 aromatic heterocycles. The van der Waals surface area contributed by atoms with E-state index in [4.69, 9.17) is 15.2 Å². The Hall–Kier alpha value is -3.86. The lowest BCUT2D eigenvalue weighted by Gasteiger charge is -2.27. The lowest BCUT2D eigenvalue weighted by molar-refractivity contribution is -0.158. The molecule has 0 radical (unpaired) electrons. The van der Waals surface area contributed by atoms with Gasteiger partial charge in [-0.25, -0.2) is 8.78 Å². The Morgan fingerprint density at radius 3 is 2.38 bits per heavy atom. The van der Waals surface area contributed by atoms with E-state index in [1.165, 1.54) is 23.3 Å². The standard InChI is InChI=1S/C28H29F2N3O6/c1-3-38-26(36)20(27(37)39-4-2)25(35)18-13-33(16-8-9-16)22-17(24(18)34)11-19(29)23(21(22)30)32-12-15-7-5-6-10-28(15,31)14-32/h5-7,10-11,13,15-16,20H,3-4,8-9,12,14,31H2,1-2H3. The van der Waals surface area contributed by atoms with Crippen LogP contribution in [0.15, 0.2) is 41.4 Å². The van der Waals surface area contributed by atoms with Crippen LogP contribution in [0.5, 0.6) is 0 Å². The third-order valence-electron chi connectivity index (χ3n) is 7.45. The lowest BCUT2D eigenvalue weighted by Crippen LogP contribution is -2.46. The quantitative estimate of drug-likeness (QED) is 0.308. The molecule has 11 heteroatoms. The highest BCUT2D eigenvalue weighted by Gasteiger charge is 2.44. The summed E-state index contributed by atoms with van der Waals surface area (Å²) in [5.74, 6) is -7.58. The molecule has 0 bridgehead atoms. The highest BCUT2D eigenvalue weighted by atomic mass is 19.1. The number of halogens is 2. The second kappa shape index (κ2) is 10.0. The fraction of sp³-hybridized carbons (Fsp3) is 0.429. The molecule has 1 saturated carbocycles. The first kappa shape index (κ1) is 26.7. The van der Waals surface area contributed by atoms with Crippen LogP contribution < -0.4 is 16.1 Å². The Morgan fingerprint density at radius 2 is 1.79 bits per heavy atom. The number of benzene rings is 1. The number of allylic oxidation sites excluding steroid dienone is 2. The normalized spacial score (nSPS) is 21.9. The Kier molecular flexibility index (Phi) is 6.88. The number of rotatable bonds is 8. The fourth-order valence-corrected chi connectivity index (χ4v) is 5.39. The van der Waals surface area contributed by atoms with Crippen LogP contribution >= 0.6 is 0 Å². The van der Waals surface area contributed by atoms with Crippen LogP contribution in [0.3, 0.4) is 0 Å². The van der Waals surface area contributed by atoms with Gasteiger partial charge in [-0.15, -0.1) is 0 Å². The molecule has 206 valence electrons. The zero-order valence-corrected chi connectivity index (χ0v) is 21.6. The molecule has 2 aromatic rings. The summed E-state index contributed by atoms with van der Waals surface area (Å²) in [5, 5.41) is -0.364. The Bertz CT molecular complexity index is 1480. The van der Waals surface area contributed by atoms with Crippen LogP contribution in [0.25, 0.3) is 10.9 Å². The highest BCUT2D eigenvalue weighted by Crippen LogP contribution is 2.42. The van der Waals surface area contributed by atoms with Crippen LogP contribution in [0.2, 0.25) is 0 Å². The third-order valence-corrected chi connectivity index (χ3v) is 7.45. The molecule has 2 fully saturated rings. The van der Waals surface area contributed by atoms with Gasteiger partial charge in [0.1, 0.15) is 11.5 Å². The number of aromatic nitrogens is 1. The fourth-order valence-electron chi connectivity index (χ4n) is 5.39. The van der Waals surface area contributed by atoms with E-state index >= 15 is 8.78 Å². The van der Waals surface area contributed by atoms with Gasteiger partial charge in [-0.1, -0.05) is 24.3 Å². The van der Waals surface area contributed by atoms with Gasteiger partial charge in [0.05, 0.1) is 35.2 Å². The van der Waals surface area contributed by atoms with Gasteiger partial charge in [0.25, 0.3) is 0 Å². The molecular formula is C28H29F2N3O6. The predicted molar refractivity (Wildman–Crippen MR) is 138 cm³/mol. The number of hydrogen-bond donors (Lipinski definition) is 1. The van der Waals surface area contributed by atoms with Crippen molar-refractivity contribution in [2.75, 3.05) is 31.2 Å². The summed E-state index contributed by atoms with van der Waals surface area (Å²) in [7, 11) is 0. The van der Waals surface area contributed by atoms with E-state index in [1.807, 2.05) is 18.2 Å². The summed E-state index contributed by atoms with van der Waals surface area (Å²) in [5.41, 5.74) is 3.72. The summed E-state index contributed by atoms with van der Waals surface area (Å²) in [4.78, 5) is 53.5. The van der Waals surface area contributed by atoms with Crippen molar-refractivity contribution in [3.8, 4) is 0 Å². The molecule has 5 rings (SSSR count). The summed E-state index contributed by atoms with van der Waals surface area (Å²) < 4.78 is 43.0. The maximum absolute atomic E-state index is 16.2. The molecule has 9 nitrogen and oxygen atoms in total. The summed E-state index contributed by atoms with van der Waals surface area (Å²) in [6.45, 7) is 3.22. The lowest BCUT2D eigenvalue weighted by atomic mass is 9.85. The van der Waals surface area contributed by atoms with Crippen LogP contribution in [-0.4, -0.2) is 54.1 Å². The minimum absolute atomic E-state index is 0.113. The van der Waals surface area contributed by atoms with Crippen LogP contribution in [0, 0.1) is 23.5 Å². The Labute approximate surface area is 222 Å². The van der Waals surface area contributed by atoms with E-state index in [-0.39, 0.29) is 54.9 Å². The molecule has 2 unspecified atom stereocenters. The molecule has 1 aromatic carbocycles. The number of carbonyl (C=O) groups excluding carboxylic acids is 3. The molecule has 0 spiro atoms. The number of anilines is 1. The summed E-state index contributed by atoms with van der Waals surface area (Å²) >= 11 is 0. The van der Waals surface area contributed by atoms with E-state index in [1.54, 1.807) is 6.08 Å². The van der Waals surface area contributed by atoms with Gasteiger partial charge in [0.15, 0.2) is 17.0 Å². The SMILES string of the molecule is CCOC(=O)C(C(=O)OCC)C(=O)c1cn(C2CC2)c2c(F)c(N3CC4C=CC=CC4(N)C3)c(F)cc2c1=O. The van der Waals surface area contributed by atoms with Gasteiger partial charge >= 0.3 is 11.9 Å². The molecule has 2 atom stereocenters. The zero-order chi connectivity index (χ0) is 28.1. The molecule has 2 N–H and O–H groups in total. The second-order valence-electron chi connectivity index (χ2n) is 10.1. The van der Waals surface area contributed by atoms with E-state index in [2.05, 4.69) is 0 Å². The van der Waals surface area contributed by atoms with Crippen molar-refractivity contribution in [1.82, 2.24) is 4.57 Å². The number of ketones is 1. The zero-order valence-electron chi connectivity index (χ0n) is 21.6. The van der Waals surface area contributed by atoms with Gasteiger partial charge in [0, 0.05) is 31.2 Å². The van der Waals surface area contributed by atoms with Crippen molar-refractivity contribution in [3.63, 3.8) is 0 Å². The van der Waals surface area contributed by atoms with Gasteiger partial charge in [-0.3, -0.25) is 19.2 Å². The van der Waals surface area contributed by atoms with Gasteiger partial charge in [0.2, 0.25) is 5.92 Å². The number of fused-ring (bicyclic) bond motifs is 2. The van der Waals surface area contributed by atoms with Crippen molar-refractivity contribution in [2.24, 2.45) is 17.6 Å². The van der Waals surface area contributed by atoms with Crippen molar-refractivity contribution in [3.05, 3.63) is 64.0 Å². The van der Waals surface area contributed by atoms with Crippen molar-refractivity contribution in [2.45, 2.75) is 38.3 Å². The first-order valence-corrected chi connectivity index (χ1v) is 13.0. The molecule has 1 saturated heterocycles. The average Bonchev–Trinajstić information content (AvgIpc) is 3.66. The second-order valence-corrected chi connectivity index (χ2v) is 10.1. The van der Waals surface area contributed by atoms with Crippen molar-refractivity contribution < 1.29 is 32.6 Å². The van der Waals surface area contributed by atoms with E-state index < -0.39 is 51.8 Å².